The van der Waals surface area contributed by atoms with E-state index in [9.17, 15) is 4.79 Å². The van der Waals surface area contributed by atoms with Crippen LogP contribution in [0.2, 0.25) is 0 Å². The van der Waals surface area contributed by atoms with E-state index in [0.717, 1.165) is 16.8 Å². The lowest BCUT2D eigenvalue weighted by molar-refractivity contribution is 0.807. The molecule has 2 N–H and O–H groups in total. The van der Waals surface area contributed by atoms with Crippen LogP contribution in [0.15, 0.2) is 4.79 Å². The lowest BCUT2D eigenvalue weighted by Crippen LogP contribution is -2.24. The monoisotopic (exact) mass is 166 g/mol. The summed E-state index contributed by atoms with van der Waals surface area (Å²) in [6.45, 7) is 5.77. The molecule has 0 fully saturated rings. The molecule has 0 radical (unpaired) electrons. The van der Waals surface area contributed by atoms with Crippen molar-refractivity contribution in [2.24, 2.45) is 7.05 Å². The van der Waals surface area contributed by atoms with E-state index >= 15 is 0 Å². The molecule has 1 aromatic heterocycles. The second-order valence-corrected chi connectivity index (χ2v) is 3.11. The van der Waals surface area contributed by atoms with Gasteiger partial charge in [0.25, 0.3) is 5.56 Å². The SMILES string of the molecule is Cc1c(C)c(C)n(C)c(=O)c1N. The molecule has 66 valence electrons. The molecule has 0 aliphatic carbocycles. The number of hydrogen-bond donors (Lipinski definition) is 1. The second kappa shape index (κ2) is 2.66. The van der Waals surface area contributed by atoms with Gasteiger partial charge >= 0.3 is 0 Å². The maximum Gasteiger partial charge on any atom is 0.273 e. The Balaban J connectivity index is 3.73. The van der Waals surface area contributed by atoms with Gasteiger partial charge in [-0.15, -0.1) is 0 Å². The smallest absolute Gasteiger partial charge is 0.273 e. The summed E-state index contributed by atoms with van der Waals surface area (Å²) in [6.07, 6.45) is 0. The highest BCUT2D eigenvalue weighted by atomic mass is 16.1. The lowest BCUT2D eigenvalue weighted by atomic mass is 10.1. The number of nitrogens with zero attached hydrogens (tertiary/aromatic N) is 1. The van der Waals surface area contributed by atoms with E-state index < -0.39 is 0 Å². The predicted molar refractivity (Wildman–Crippen MR) is 50.3 cm³/mol. The maximum absolute atomic E-state index is 11.4. The Morgan fingerprint density at radius 1 is 1.17 bits per heavy atom. The molecule has 0 aliphatic rings. The molecule has 3 heteroatoms. The van der Waals surface area contributed by atoms with E-state index in [4.69, 9.17) is 5.73 Å². The summed E-state index contributed by atoms with van der Waals surface area (Å²) >= 11 is 0. The second-order valence-electron chi connectivity index (χ2n) is 3.11. The van der Waals surface area contributed by atoms with E-state index in [2.05, 4.69) is 0 Å². The van der Waals surface area contributed by atoms with Gasteiger partial charge in [0.15, 0.2) is 0 Å². The molecule has 0 saturated carbocycles. The number of rotatable bonds is 0. The first-order valence-electron chi connectivity index (χ1n) is 3.89. The largest absolute Gasteiger partial charge is 0.394 e. The Hall–Kier alpha value is -1.25. The minimum absolute atomic E-state index is 0.101. The van der Waals surface area contributed by atoms with Crippen LogP contribution >= 0.6 is 0 Å². The van der Waals surface area contributed by atoms with Crippen molar-refractivity contribution in [2.75, 3.05) is 5.73 Å². The standard InChI is InChI=1S/C9H14N2O/c1-5-6(2)8(10)9(12)11(4)7(5)3/h10H2,1-4H3. The third-order valence-electron chi connectivity index (χ3n) is 2.55. The van der Waals surface area contributed by atoms with Crippen molar-refractivity contribution in [3.63, 3.8) is 0 Å². The first-order chi connectivity index (χ1) is 5.46. The van der Waals surface area contributed by atoms with Gasteiger partial charge in [-0.1, -0.05) is 0 Å². The zero-order valence-electron chi connectivity index (χ0n) is 7.93. The van der Waals surface area contributed by atoms with Crippen LogP contribution in [-0.4, -0.2) is 4.57 Å². The van der Waals surface area contributed by atoms with Gasteiger partial charge < -0.3 is 10.3 Å². The first-order valence-corrected chi connectivity index (χ1v) is 3.89. The van der Waals surface area contributed by atoms with Gasteiger partial charge in [0.05, 0.1) is 0 Å². The van der Waals surface area contributed by atoms with Crippen LogP contribution in [-0.2, 0) is 7.05 Å². The summed E-state index contributed by atoms with van der Waals surface area (Å²) in [4.78, 5) is 11.4. The molecule has 0 aromatic carbocycles. The van der Waals surface area contributed by atoms with E-state index in [-0.39, 0.29) is 5.56 Å². The molecular weight excluding hydrogens is 152 g/mol. The summed E-state index contributed by atoms with van der Waals surface area (Å²) in [5.41, 5.74) is 8.85. The highest BCUT2D eigenvalue weighted by Gasteiger charge is 2.08. The zero-order valence-corrected chi connectivity index (χ0v) is 7.93. The molecular formula is C9H14N2O. The van der Waals surface area contributed by atoms with Crippen molar-refractivity contribution < 1.29 is 0 Å². The molecule has 0 bridgehead atoms. The fourth-order valence-corrected chi connectivity index (χ4v) is 1.22. The molecule has 1 rings (SSSR count). The van der Waals surface area contributed by atoms with E-state index in [0.29, 0.717) is 5.69 Å². The number of aromatic nitrogens is 1. The third kappa shape index (κ3) is 1.02. The predicted octanol–water partition coefficient (Wildman–Crippen LogP) is 0.893. The minimum atomic E-state index is -0.101. The van der Waals surface area contributed by atoms with Crippen molar-refractivity contribution in [3.05, 3.63) is 27.2 Å². The lowest BCUT2D eigenvalue weighted by Gasteiger charge is -2.11. The fourth-order valence-electron chi connectivity index (χ4n) is 1.22. The molecule has 0 amide bonds. The summed E-state index contributed by atoms with van der Waals surface area (Å²) < 4.78 is 1.58. The normalized spacial score (nSPS) is 10.3. The minimum Gasteiger partial charge on any atom is -0.394 e. The van der Waals surface area contributed by atoms with Gasteiger partial charge in [0.1, 0.15) is 5.69 Å². The number of pyridine rings is 1. The molecule has 0 unspecified atom stereocenters. The summed E-state index contributed by atoms with van der Waals surface area (Å²) in [5, 5.41) is 0. The molecule has 1 aromatic rings. The summed E-state index contributed by atoms with van der Waals surface area (Å²) in [5.74, 6) is 0. The van der Waals surface area contributed by atoms with E-state index in [1.165, 1.54) is 0 Å². The van der Waals surface area contributed by atoms with Crippen LogP contribution in [0.3, 0.4) is 0 Å². The molecule has 3 nitrogen and oxygen atoms in total. The van der Waals surface area contributed by atoms with Crippen molar-refractivity contribution in [2.45, 2.75) is 20.8 Å². The Labute approximate surface area is 71.8 Å². The number of hydrogen-bond acceptors (Lipinski definition) is 2. The topological polar surface area (TPSA) is 48.0 Å². The molecule has 0 spiro atoms. The van der Waals surface area contributed by atoms with Gasteiger partial charge in [-0.3, -0.25) is 4.79 Å². The molecule has 12 heavy (non-hydrogen) atoms. The fraction of sp³-hybridized carbons (Fsp3) is 0.444. The highest BCUT2D eigenvalue weighted by molar-refractivity contribution is 5.49. The van der Waals surface area contributed by atoms with Crippen molar-refractivity contribution in [3.8, 4) is 0 Å². The van der Waals surface area contributed by atoms with Crippen LogP contribution < -0.4 is 11.3 Å². The van der Waals surface area contributed by atoms with E-state index in [1.54, 1.807) is 11.6 Å². The molecule has 0 atom stereocenters. The van der Waals surface area contributed by atoms with Crippen LogP contribution in [0.25, 0.3) is 0 Å². The Morgan fingerprint density at radius 2 is 1.67 bits per heavy atom. The van der Waals surface area contributed by atoms with Crippen LogP contribution in [0.4, 0.5) is 5.69 Å². The molecule has 0 saturated heterocycles. The molecule has 0 aliphatic heterocycles. The van der Waals surface area contributed by atoms with Crippen molar-refractivity contribution >= 4 is 5.69 Å². The summed E-state index contributed by atoms with van der Waals surface area (Å²) in [7, 11) is 1.74. The van der Waals surface area contributed by atoms with Gasteiger partial charge in [0.2, 0.25) is 0 Å². The zero-order chi connectivity index (χ0) is 9.46. The van der Waals surface area contributed by atoms with Crippen LogP contribution in [0, 0.1) is 20.8 Å². The molecule has 1 heterocycles. The van der Waals surface area contributed by atoms with Crippen molar-refractivity contribution in [1.82, 2.24) is 4.57 Å². The first kappa shape index (κ1) is 8.84. The average Bonchev–Trinajstić information content (AvgIpc) is 2.08. The summed E-state index contributed by atoms with van der Waals surface area (Å²) in [6, 6.07) is 0. The van der Waals surface area contributed by atoms with Gasteiger partial charge in [-0.05, 0) is 31.9 Å². The maximum atomic E-state index is 11.4. The quantitative estimate of drug-likeness (QED) is 0.622. The van der Waals surface area contributed by atoms with E-state index in [1.807, 2.05) is 20.8 Å². The average molecular weight is 166 g/mol. The number of anilines is 1. The van der Waals surface area contributed by atoms with Crippen LogP contribution in [0.1, 0.15) is 16.8 Å². The Bertz CT molecular complexity index is 345. The van der Waals surface area contributed by atoms with Gasteiger partial charge in [-0.25, -0.2) is 0 Å². The number of nitrogens with two attached hydrogens (primary N) is 1. The van der Waals surface area contributed by atoms with Gasteiger partial charge in [0, 0.05) is 12.7 Å². The number of nitrogen functional groups attached to an aromatic ring is 1. The van der Waals surface area contributed by atoms with Gasteiger partial charge in [-0.2, -0.15) is 0 Å². The highest BCUT2D eigenvalue weighted by Crippen LogP contribution is 2.13. The van der Waals surface area contributed by atoms with Crippen molar-refractivity contribution in [1.29, 1.82) is 0 Å². The third-order valence-corrected chi connectivity index (χ3v) is 2.55. The van der Waals surface area contributed by atoms with Crippen LogP contribution in [0.5, 0.6) is 0 Å². The Morgan fingerprint density at radius 3 is 2.17 bits per heavy atom. The Kier molecular flexibility index (Phi) is 1.96.